The smallest absolute Gasteiger partial charge is 0.359 e. The summed E-state index contributed by atoms with van der Waals surface area (Å²) < 4.78 is 6.63. The predicted octanol–water partition coefficient (Wildman–Crippen LogP) is 2.02. The van der Waals surface area contributed by atoms with Gasteiger partial charge in [-0.25, -0.2) is 9.48 Å². The maximum atomic E-state index is 11.7. The maximum Gasteiger partial charge on any atom is 0.359 e. The van der Waals surface area contributed by atoms with Crippen LogP contribution in [-0.4, -0.2) is 21.9 Å². The lowest BCUT2D eigenvalue weighted by Crippen LogP contribution is -2.12. The van der Waals surface area contributed by atoms with Gasteiger partial charge in [-0.15, -0.1) is 0 Å². The number of rotatable bonds is 3. The number of nitrogens with two attached hydrogens (primary N) is 1. The summed E-state index contributed by atoms with van der Waals surface area (Å²) in [6.45, 7) is 3.59. The molecule has 0 radical (unpaired) electrons. The summed E-state index contributed by atoms with van der Waals surface area (Å²) in [5.41, 5.74) is 7.45. The van der Waals surface area contributed by atoms with E-state index in [-0.39, 0.29) is 11.8 Å². The van der Waals surface area contributed by atoms with Gasteiger partial charge in [0.2, 0.25) is 0 Å². The standard InChI is InChI=1S/C13H15N3O2/c1-9(2)18-13(17)11-7-8-16(15-11)12-6-4-3-5-10(12)14/h3-9H,14H2,1-2H3. The second kappa shape index (κ2) is 4.91. The van der Waals surface area contributed by atoms with Crippen molar-refractivity contribution in [3.8, 4) is 5.69 Å². The number of ether oxygens (including phenoxy) is 1. The lowest BCUT2D eigenvalue weighted by molar-refractivity contribution is 0.0370. The first kappa shape index (κ1) is 12.2. The molecule has 2 rings (SSSR count). The molecule has 0 unspecified atom stereocenters. The minimum Gasteiger partial charge on any atom is -0.458 e. The number of hydrogen-bond acceptors (Lipinski definition) is 4. The Bertz CT molecular complexity index is 561. The fraction of sp³-hybridized carbons (Fsp3) is 0.231. The Labute approximate surface area is 105 Å². The van der Waals surface area contributed by atoms with Crippen LogP contribution < -0.4 is 5.73 Å². The van der Waals surface area contributed by atoms with E-state index in [4.69, 9.17) is 10.5 Å². The Balaban J connectivity index is 2.26. The van der Waals surface area contributed by atoms with E-state index in [2.05, 4.69) is 5.10 Å². The van der Waals surface area contributed by atoms with Crippen LogP contribution in [0.2, 0.25) is 0 Å². The van der Waals surface area contributed by atoms with Crippen molar-refractivity contribution in [1.82, 2.24) is 9.78 Å². The van der Waals surface area contributed by atoms with Crippen molar-refractivity contribution in [3.05, 3.63) is 42.2 Å². The summed E-state index contributed by atoms with van der Waals surface area (Å²) in [5, 5.41) is 4.16. The van der Waals surface area contributed by atoms with E-state index in [1.165, 1.54) is 0 Å². The minimum absolute atomic E-state index is 0.163. The zero-order valence-corrected chi connectivity index (χ0v) is 10.3. The zero-order valence-electron chi connectivity index (χ0n) is 10.3. The molecule has 18 heavy (non-hydrogen) atoms. The quantitative estimate of drug-likeness (QED) is 0.663. The fourth-order valence-corrected chi connectivity index (χ4v) is 1.54. The monoisotopic (exact) mass is 245 g/mol. The second-order valence-electron chi connectivity index (χ2n) is 4.16. The van der Waals surface area contributed by atoms with Gasteiger partial charge in [-0.3, -0.25) is 0 Å². The van der Waals surface area contributed by atoms with Gasteiger partial charge in [0.1, 0.15) is 0 Å². The van der Waals surface area contributed by atoms with Gasteiger partial charge in [-0.1, -0.05) is 12.1 Å². The summed E-state index contributed by atoms with van der Waals surface area (Å²) in [6, 6.07) is 8.93. The third-order valence-corrected chi connectivity index (χ3v) is 2.32. The third-order valence-electron chi connectivity index (χ3n) is 2.32. The molecule has 1 heterocycles. The van der Waals surface area contributed by atoms with Crippen LogP contribution in [0.3, 0.4) is 0 Å². The highest BCUT2D eigenvalue weighted by atomic mass is 16.5. The average Bonchev–Trinajstić information content (AvgIpc) is 2.78. The predicted molar refractivity (Wildman–Crippen MR) is 68.5 cm³/mol. The van der Waals surface area contributed by atoms with Crippen LogP contribution in [0.15, 0.2) is 36.5 Å². The molecule has 0 aliphatic heterocycles. The topological polar surface area (TPSA) is 70.1 Å². The highest BCUT2D eigenvalue weighted by Gasteiger charge is 2.13. The van der Waals surface area contributed by atoms with Crippen molar-refractivity contribution in [1.29, 1.82) is 0 Å². The van der Waals surface area contributed by atoms with Crippen LogP contribution in [-0.2, 0) is 4.74 Å². The molecular formula is C13H15N3O2. The fourth-order valence-electron chi connectivity index (χ4n) is 1.54. The lowest BCUT2D eigenvalue weighted by Gasteiger charge is -2.06. The van der Waals surface area contributed by atoms with Crippen molar-refractivity contribution < 1.29 is 9.53 Å². The van der Waals surface area contributed by atoms with Crippen LogP contribution in [0.4, 0.5) is 5.69 Å². The van der Waals surface area contributed by atoms with Gasteiger partial charge < -0.3 is 10.5 Å². The zero-order chi connectivity index (χ0) is 13.1. The number of benzene rings is 1. The van der Waals surface area contributed by atoms with Gasteiger partial charge in [0.15, 0.2) is 5.69 Å². The number of para-hydroxylation sites is 2. The molecule has 0 bridgehead atoms. The van der Waals surface area contributed by atoms with E-state index in [0.29, 0.717) is 5.69 Å². The van der Waals surface area contributed by atoms with Gasteiger partial charge >= 0.3 is 5.97 Å². The number of carbonyl (C=O) groups is 1. The summed E-state index contributed by atoms with van der Waals surface area (Å²) in [4.78, 5) is 11.7. The first-order valence-electron chi connectivity index (χ1n) is 5.69. The number of nitrogen functional groups attached to an aromatic ring is 1. The molecule has 94 valence electrons. The summed E-state index contributed by atoms with van der Waals surface area (Å²) in [7, 11) is 0. The lowest BCUT2D eigenvalue weighted by atomic mass is 10.3. The highest BCUT2D eigenvalue weighted by molar-refractivity contribution is 5.87. The molecule has 2 N–H and O–H groups in total. The molecule has 0 aliphatic carbocycles. The molecule has 0 aliphatic rings. The molecule has 0 saturated heterocycles. The molecular weight excluding hydrogens is 230 g/mol. The number of esters is 1. The third kappa shape index (κ3) is 2.51. The van der Waals surface area contributed by atoms with E-state index < -0.39 is 5.97 Å². The van der Waals surface area contributed by atoms with Gasteiger partial charge in [-0.2, -0.15) is 5.10 Å². The SMILES string of the molecule is CC(C)OC(=O)c1ccn(-c2ccccc2N)n1. The molecule has 1 aromatic carbocycles. The molecule has 2 aromatic rings. The average molecular weight is 245 g/mol. The van der Waals surface area contributed by atoms with Crippen molar-refractivity contribution in [2.75, 3.05) is 5.73 Å². The molecule has 0 saturated carbocycles. The van der Waals surface area contributed by atoms with Crippen LogP contribution in [0, 0.1) is 0 Å². The molecule has 5 nitrogen and oxygen atoms in total. The van der Waals surface area contributed by atoms with Crippen LogP contribution >= 0.6 is 0 Å². The number of carbonyl (C=O) groups excluding carboxylic acids is 1. The molecule has 5 heteroatoms. The van der Waals surface area contributed by atoms with E-state index >= 15 is 0 Å². The number of nitrogens with zero attached hydrogens (tertiary/aromatic N) is 2. The van der Waals surface area contributed by atoms with Gasteiger partial charge in [0.05, 0.1) is 17.5 Å². The summed E-state index contributed by atoms with van der Waals surface area (Å²) in [6.07, 6.45) is 1.52. The highest BCUT2D eigenvalue weighted by Crippen LogP contribution is 2.15. The molecule has 0 amide bonds. The Morgan fingerprint density at radius 3 is 2.72 bits per heavy atom. The Kier molecular flexibility index (Phi) is 3.32. The van der Waals surface area contributed by atoms with Crippen molar-refractivity contribution in [2.45, 2.75) is 20.0 Å². The Hall–Kier alpha value is -2.30. The second-order valence-corrected chi connectivity index (χ2v) is 4.16. The Morgan fingerprint density at radius 1 is 1.33 bits per heavy atom. The number of hydrogen-bond donors (Lipinski definition) is 1. The van der Waals surface area contributed by atoms with Crippen molar-refractivity contribution in [3.63, 3.8) is 0 Å². The summed E-state index contributed by atoms with van der Waals surface area (Å²) in [5.74, 6) is -0.432. The largest absolute Gasteiger partial charge is 0.458 e. The van der Waals surface area contributed by atoms with Gasteiger partial charge in [0.25, 0.3) is 0 Å². The first-order valence-corrected chi connectivity index (χ1v) is 5.69. The van der Waals surface area contributed by atoms with Crippen molar-refractivity contribution >= 4 is 11.7 Å². The van der Waals surface area contributed by atoms with E-state index in [1.807, 2.05) is 18.2 Å². The minimum atomic E-state index is -0.432. The van der Waals surface area contributed by atoms with Gasteiger partial charge in [-0.05, 0) is 32.0 Å². The first-order chi connectivity index (χ1) is 8.58. The van der Waals surface area contributed by atoms with Crippen LogP contribution in [0.1, 0.15) is 24.3 Å². The van der Waals surface area contributed by atoms with Crippen LogP contribution in [0.5, 0.6) is 0 Å². The summed E-state index contributed by atoms with van der Waals surface area (Å²) >= 11 is 0. The molecule has 1 aromatic heterocycles. The Morgan fingerprint density at radius 2 is 2.06 bits per heavy atom. The number of anilines is 1. The van der Waals surface area contributed by atoms with E-state index in [0.717, 1.165) is 5.69 Å². The normalized spacial score (nSPS) is 10.6. The van der Waals surface area contributed by atoms with Gasteiger partial charge in [0, 0.05) is 6.20 Å². The van der Waals surface area contributed by atoms with E-state index in [1.54, 1.807) is 36.9 Å². The van der Waals surface area contributed by atoms with E-state index in [9.17, 15) is 4.79 Å². The van der Waals surface area contributed by atoms with Crippen molar-refractivity contribution in [2.24, 2.45) is 0 Å². The number of aromatic nitrogens is 2. The molecule has 0 fully saturated rings. The van der Waals surface area contributed by atoms with Crippen LogP contribution in [0.25, 0.3) is 5.69 Å². The molecule has 0 spiro atoms. The molecule has 0 atom stereocenters. The maximum absolute atomic E-state index is 11.7.